The van der Waals surface area contributed by atoms with Crippen molar-refractivity contribution in [3.8, 4) is 0 Å². The van der Waals surface area contributed by atoms with Crippen LogP contribution in [0, 0.1) is 0 Å². The third-order valence-electron chi connectivity index (χ3n) is 2.55. The summed E-state index contributed by atoms with van der Waals surface area (Å²) in [4.78, 5) is 12.7. The number of hydrogen-bond acceptors (Lipinski definition) is 2. The molecule has 1 amide bonds. The molecule has 0 radical (unpaired) electrons. The predicted octanol–water partition coefficient (Wildman–Crippen LogP) is 2.79. The molecule has 1 rings (SSSR count). The van der Waals surface area contributed by atoms with E-state index in [-0.39, 0.29) is 5.91 Å². The SMILES string of the molecule is CN(C)C(=O)/C=C/OC/C=C/CCc1ccccc1. The van der Waals surface area contributed by atoms with E-state index in [1.165, 1.54) is 22.8 Å². The normalized spacial score (nSPS) is 11.1. The smallest absolute Gasteiger partial charge is 0.249 e. The highest BCUT2D eigenvalue weighted by molar-refractivity contribution is 5.86. The van der Waals surface area contributed by atoms with Crippen molar-refractivity contribution in [2.24, 2.45) is 0 Å². The van der Waals surface area contributed by atoms with Gasteiger partial charge in [0.2, 0.25) is 5.91 Å². The van der Waals surface area contributed by atoms with Gasteiger partial charge in [-0.3, -0.25) is 4.79 Å². The first-order chi connectivity index (χ1) is 9.20. The first-order valence-corrected chi connectivity index (χ1v) is 6.38. The van der Waals surface area contributed by atoms with Crippen molar-refractivity contribution in [3.63, 3.8) is 0 Å². The van der Waals surface area contributed by atoms with Crippen molar-refractivity contribution >= 4 is 5.91 Å². The monoisotopic (exact) mass is 259 g/mol. The van der Waals surface area contributed by atoms with Crippen LogP contribution in [0.1, 0.15) is 12.0 Å². The highest BCUT2D eigenvalue weighted by Gasteiger charge is 1.95. The molecule has 0 atom stereocenters. The van der Waals surface area contributed by atoms with Gasteiger partial charge in [-0.1, -0.05) is 42.5 Å². The molecule has 0 aromatic heterocycles. The molecular weight excluding hydrogens is 238 g/mol. The lowest BCUT2D eigenvalue weighted by Crippen LogP contribution is -2.18. The molecule has 1 aromatic carbocycles. The standard InChI is InChI=1S/C16H21NO2/c1-17(2)16(18)12-14-19-13-8-4-7-11-15-9-5-3-6-10-15/h3-6,8-10,12,14H,7,11,13H2,1-2H3/b8-4+,14-12+. The number of carbonyl (C=O) groups excluding carboxylic acids is 1. The molecule has 0 fully saturated rings. The van der Waals surface area contributed by atoms with Crippen LogP contribution in [0.4, 0.5) is 0 Å². The lowest BCUT2D eigenvalue weighted by atomic mass is 10.1. The molecule has 0 N–H and O–H groups in total. The summed E-state index contributed by atoms with van der Waals surface area (Å²) in [5.74, 6) is -0.0759. The lowest BCUT2D eigenvalue weighted by Gasteiger charge is -2.04. The second-order valence-electron chi connectivity index (χ2n) is 4.36. The van der Waals surface area contributed by atoms with Gasteiger partial charge >= 0.3 is 0 Å². The zero-order chi connectivity index (χ0) is 13.9. The highest BCUT2D eigenvalue weighted by Crippen LogP contribution is 2.02. The Kier molecular flexibility index (Phi) is 7.10. The summed E-state index contributed by atoms with van der Waals surface area (Å²) in [6.07, 6.45) is 8.93. The van der Waals surface area contributed by atoms with Crippen LogP contribution in [-0.4, -0.2) is 31.5 Å². The fourth-order valence-electron chi connectivity index (χ4n) is 1.45. The minimum Gasteiger partial charge on any atom is -0.497 e. The van der Waals surface area contributed by atoms with E-state index in [0.29, 0.717) is 6.61 Å². The van der Waals surface area contributed by atoms with E-state index < -0.39 is 0 Å². The Morgan fingerprint density at radius 1 is 1.21 bits per heavy atom. The maximum atomic E-state index is 11.2. The van der Waals surface area contributed by atoms with Crippen LogP contribution >= 0.6 is 0 Å². The van der Waals surface area contributed by atoms with Crippen molar-refractivity contribution in [1.29, 1.82) is 0 Å². The maximum absolute atomic E-state index is 11.2. The number of aryl methyl sites for hydroxylation is 1. The topological polar surface area (TPSA) is 29.5 Å². The van der Waals surface area contributed by atoms with Gasteiger partial charge in [0, 0.05) is 20.2 Å². The van der Waals surface area contributed by atoms with Gasteiger partial charge in [-0.2, -0.15) is 0 Å². The second-order valence-corrected chi connectivity index (χ2v) is 4.36. The van der Waals surface area contributed by atoms with Gasteiger partial charge in [0.05, 0.1) is 6.26 Å². The average molecular weight is 259 g/mol. The number of carbonyl (C=O) groups is 1. The maximum Gasteiger partial charge on any atom is 0.249 e. The van der Waals surface area contributed by atoms with E-state index in [9.17, 15) is 4.79 Å². The minimum absolute atomic E-state index is 0.0759. The molecule has 0 bridgehead atoms. The molecule has 1 aromatic rings. The van der Waals surface area contributed by atoms with Crippen LogP contribution in [0.3, 0.4) is 0 Å². The number of likely N-dealkylation sites (N-methyl/N-ethyl adjacent to an activating group) is 1. The van der Waals surface area contributed by atoms with Crippen LogP contribution in [0.15, 0.2) is 54.8 Å². The summed E-state index contributed by atoms with van der Waals surface area (Å²) < 4.78 is 5.19. The van der Waals surface area contributed by atoms with Gasteiger partial charge < -0.3 is 9.64 Å². The number of nitrogens with zero attached hydrogens (tertiary/aromatic N) is 1. The summed E-state index contributed by atoms with van der Waals surface area (Å²) in [6.45, 7) is 0.492. The molecule has 102 valence electrons. The molecule has 19 heavy (non-hydrogen) atoms. The fourth-order valence-corrected chi connectivity index (χ4v) is 1.45. The Morgan fingerprint density at radius 2 is 1.95 bits per heavy atom. The van der Waals surface area contributed by atoms with E-state index >= 15 is 0 Å². The Labute approximate surface area is 115 Å². The summed E-state index contributed by atoms with van der Waals surface area (Å²) in [5, 5.41) is 0. The molecule has 0 aliphatic heterocycles. The van der Waals surface area contributed by atoms with Gasteiger partial charge in [0.1, 0.15) is 6.61 Å². The van der Waals surface area contributed by atoms with Crippen molar-refractivity contribution < 1.29 is 9.53 Å². The van der Waals surface area contributed by atoms with Gasteiger partial charge in [-0.15, -0.1) is 0 Å². The summed E-state index contributed by atoms with van der Waals surface area (Å²) >= 11 is 0. The molecule has 0 saturated heterocycles. The number of benzene rings is 1. The Morgan fingerprint density at radius 3 is 2.63 bits per heavy atom. The lowest BCUT2D eigenvalue weighted by molar-refractivity contribution is -0.123. The zero-order valence-corrected chi connectivity index (χ0v) is 11.6. The van der Waals surface area contributed by atoms with Crippen LogP contribution in [0.5, 0.6) is 0 Å². The average Bonchev–Trinajstić information content (AvgIpc) is 2.42. The Balaban J connectivity index is 2.10. The van der Waals surface area contributed by atoms with Crippen LogP contribution in [0.2, 0.25) is 0 Å². The largest absolute Gasteiger partial charge is 0.497 e. The molecule has 0 spiro atoms. The zero-order valence-electron chi connectivity index (χ0n) is 11.6. The van der Waals surface area contributed by atoms with E-state index in [1.54, 1.807) is 14.1 Å². The van der Waals surface area contributed by atoms with Crippen LogP contribution in [-0.2, 0) is 16.0 Å². The van der Waals surface area contributed by atoms with E-state index in [0.717, 1.165) is 12.8 Å². The first-order valence-electron chi connectivity index (χ1n) is 6.38. The molecule has 0 unspecified atom stereocenters. The summed E-state index contributed by atoms with van der Waals surface area (Å²) in [7, 11) is 3.41. The van der Waals surface area contributed by atoms with Crippen molar-refractivity contribution in [2.45, 2.75) is 12.8 Å². The second kappa shape index (κ2) is 8.97. The minimum atomic E-state index is -0.0759. The molecule has 0 aliphatic carbocycles. The van der Waals surface area contributed by atoms with Gasteiger partial charge in [0.25, 0.3) is 0 Å². The predicted molar refractivity (Wildman–Crippen MR) is 77.7 cm³/mol. The van der Waals surface area contributed by atoms with Crippen LogP contribution in [0.25, 0.3) is 0 Å². The summed E-state index contributed by atoms with van der Waals surface area (Å²) in [5.41, 5.74) is 1.34. The molecule has 0 aliphatic rings. The highest BCUT2D eigenvalue weighted by atomic mass is 16.5. The molecule has 0 heterocycles. The Bertz CT molecular complexity index is 422. The molecular formula is C16H21NO2. The molecule has 3 heteroatoms. The third-order valence-corrected chi connectivity index (χ3v) is 2.55. The van der Waals surface area contributed by atoms with Crippen molar-refractivity contribution in [3.05, 3.63) is 60.4 Å². The van der Waals surface area contributed by atoms with Gasteiger partial charge in [-0.05, 0) is 18.4 Å². The number of ether oxygens (including phenoxy) is 1. The van der Waals surface area contributed by atoms with Gasteiger partial charge in [-0.25, -0.2) is 0 Å². The molecule has 0 saturated carbocycles. The van der Waals surface area contributed by atoms with E-state index in [4.69, 9.17) is 4.74 Å². The summed E-state index contributed by atoms with van der Waals surface area (Å²) in [6, 6.07) is 10.4. The third kappa shape index (κ3) is 7.09. The molecule has 3 nitrogen and oxygen atoms in total. The quantitative estimate of drug-likeness (QED) is 0.326. The van der Waals surface area contributed by atoms with E-state index in [2.05, 4.69) is 30.3 Å². The van der Waals surface area contributed by atoms with Crippen molar-refractivity contribution in [2.75, 3.05) is 20.7 Å². The van der Waals surface area contributed by atoms with Crippen molar-refractivity contribution in [1.82, 2.24) is 4.90 Å². The number of hydrogen-bond donors (Lipinski definition) is 0. The van der Waals surface area contributed by atoms with E-state index in [1.807, 2.05) is 12.1 Å². The number of rotatable bonds is 7. The fraction of sp³-hybridized carbons (Fsp3) is 0.312. The van der Waals surface area contributed by atoms with Gasteiger partial charge in [0.15, 0.2) is 0 Å². The first kappa shape index (κ1) is 15.0. The van der Waals surface area contributed by atoms with Crippen LogP contribution < -0.4 is 0 Å². The number of amides is 1. The number of allylic oxidation sites excluding steroid dienone is 1. The Hall–Kier alpha value is -2.03.